The van der Waals surface area contributed by atoms with Gasteiger partial charge >= 0.3 is 6.03 Å². The molecule has 2 amide bonds. The van der Waals surface area contributed by atoms with Gasteiger partial charge in [-0.3, -0.25) is 0 Å². The normalized spacial score (nSPS) is 10.7. The van der Waals surface area contributed by atoms with Crippen molar-refractivity contribution in [2.75, 3.05) is 19.0 Å². The van der Waals surface area contributed by atoms with E-state index in [1.165, 1.54) is 12.1 Å². The second-order valence-electron chi connectivity index (χ2n) is 6.55. The molecule has 0 fully saturated rings. The Bertz CT molecular complexity index is 1170. The number of benzene rings is 2. The van der Waals surface area contributed by atoms with Crippen LogP contribution >= 0.6 is 0 Å². The van der Waals surface area contributed by atoms with Crippen molar-refractivity contribution in [2.45, 2.75) is 6.54 Å². The number of nitrogens with zero attached hydrogens (tertiary/aromatic N) is 3. The van der Waals surface area contributed by atoms with E-state index in [2.05, 4.69) is 20.6 Å². The Hall–Kier alpha value is -3.94. The lowest BCUT2D eigenvalue weighted by molar-refractivity contribution is 0.251. The molecule has 0 atom stereocenters. The lowest BCUT2D eigenvalue weighted by Crippen LogP contribution is -2.31. The van der Waals surface area contributed by atoms with Crippen LogP contribution in [0, 0.1) is 5.82 Å². The van der Waals surface area contributed by atoms with E-state index < -0.39 is 0 Å². The average molecular weight is 405 g/mol. The zero-order valence-electron chi connectivity index (χ0n) is 16.3. The predicted molar refractivity (Wildman–Crippen MR) is 113 cm³/mol. The van der Waals surface area contributed by atoms with E-state index in [0.29, 0.717) is 36.0 Å². The van der Waals surface area contributed by atoms with Gasteiger partial charge in [0.15, 0.2) is 5.65 Å². The van der Waals surface area contributed by atoms with Crippen molar-refractivity contribution in [3.05, 3.63) is 72.7 Å². The number of methoxy groups -OCH3 is 1. The third-order valence-corrected chi connectivity index (χ3v) is 4.55. The number of halogens is 1. The molecule has 2 N–H and O–H groups in total. The molecule has 8 heteroatoms. The second kappa shape index (κ2) is 8.60. The Labute approximate surface area is 172 Å². The molecule has 2 aromatic heterocycles. The molecule has 4 rings (SSSR count). The minimum atomic E-state index is -0.330. The maximum absolute atomic E-state index is 13.3. The summed E-state index contributed by atoms with van der Waals surface area (Å²) in [6, 6.07) is 16.6. The fourth-order valence-corrected chi connectivity index (χ4v) is 3.15. The predicted octanol–water partition coefficient (Wildman–Crippen LogP) is 4.07. The highest BCUT2D eigenvalue weighted by atomic mass is 19.1. The summed E-state index contributed by atoms with van der Waals surface area (Å²) in [4.78, 5) is 21.3. The van der Waals surface area contributed by atoms with Crippen LogP contribution in [0.25, 0.3) is 22.6 Å². The molecule has 4 aromatic rings. The number of ether oxygens (including phenoxy) is 1. The Morgan fingerprint density at radius 1 is 1.13 bits per heavy atom. The molecule has 7 nitrogen and oxygen atoms in total. The first kappa shape index (κ1) is 19.4. The van der Waals surface area contributed by atoms with Gasteiger partial charge in [0.25, 0.3) is 0 Å². The average Bonchev–Trinajstić information content (AvgIpc) is 3.13. The molecule has 0 saturated carbocycles. The van der Waals surface area contributed by atoms with Crippen molar-refractivity contribution < 1.29 is 13.9 Å². The molecule has 0 unspecified atom stereocenters. The highest BCUT2D eigenvalue weighted by Crippen LogP contribution is 2.23. The van der Waals surface area contributed by atoms with E-state index in [1.54, 1.807) is 49.7 Å². The molecule has 0 bridgehead atoms. The number of nitrogens with one attached hydrogen (secondary N) is 2. The van der Waals surface area contributed by atoms with Crippen molar-refractivity contribution >= 4 is 22.9 Å². The maximum atomic E-state index is 13.3. The molecule has 152 valence electrons. The summed E-state index contributed by atoms with van der Waals surface area (Å²) in [6.07, 6.45) is 1.69. The van der Waals surface area contributed by atoms with Crippen LogP contribution in [-0.2, 0) is 6.54 Å². The summed E-state index contributed by atoms with van der Waals surface area (Å²) >= 11 is 0. The van der Waals surface area contributed by atoms with Gasteiger partial charge in [-0.05, 0) is 48.5 Å². The van der Waals surface area contributed by atoms with Crippen LogP contribution in [0.5, 0.6) is 5.75 Å². The zero-order valence-corrected chi connectivity index (χ0v) is 16.3. The van der Waals surface area contributed by atoms with Crippen LogP contribution in [0.15, 0.2) is 66.9 Å². The number of hydrogen-bond donors (Lipinski definition) is 2. The van der Waals surface area contributed by atoms with Gasteiger partial charge in [0.2, 0.25) is 0 Å². The minimum absolute atomic E-state index is 0.310. The molecule has 30 heavy (non-hydrogen) atoms. The van der Waals surface area contributed by atoms with Crippen LogP contribution in [-0.4, -0.2) is 34.2 Å². The van der Waals surface area contributed by atoms with Gasteiger partial charge in [0.1, 0.15) is 22.9 Å². The Morgan fingerprint density at radius 2 is 1.97 bits per heavy atom. The van der Waals surface area contributed by atoms with Crippen LogP contribution < -0.4 is 15.4 Å². The smallest absolute Gasteiger partial charge is 0.319 e. The molecule has 2 heterocycles. The van der Waals surface area contributed by atoms with E-state index in [1.807, 2.05) is 16.7 Å². The van der Waals surface area contributed by atoms with E-state index >= 15 is 0 Å². The minimum Gasteiger partial charge on any atom is -0.497 e. The Morgan fingerprint density at radius 3 is 2.77 bits per heavy atom. The summed E-state index contributed by atoms with van der Waals surface area (Å²) < 4.78 is 20.4. The van der Waals surface area contributed by atoms with E-state index in [9.17, 15) is 9.18 Å². The van der Waals surface area contributed by atoms with Gasteiger partial charge < -0.3 is 19.9 Å². The number of imidazole rings is 1. The zero-order chi connectivity index (χ0) is 20.9. The topological polar surface area (TPSA) is 81.1 Å². The van der Waals surface area contributed by atoms with Gasteiger partial charge in [-0.15, -0.1) is 0 Å². The SMILES string of the molecule is COc1cccc(NC(=O)NCCn2c(-c3ccc(F)cc3)nc3cccnc32)c1. The molecular weight excluding hydrogens is 385 g/mol. The number of hydrogen-bond acceptors (Lipinski definition) is 4. The summed E-state index contributed by atoms with van der Waals surface area (Å²) in [5.74, 6) is 1.02. The number of amides is 2. The van der Waals surface area contributed by atoms with E-state index in [0.717, 1.165) is 11.1 Å². The van der Waals surface area contributed by atoms with Gasteiger partial charge in [-0.1, -0.05) is 6.07 Å². The molecule has 0 saturated heterocycles. The molecular formula is C22H20FN5O2. The van der Waals surface area contributed by atoms with Crippen molar-refractivity contribution in [1.29, 1.82) is 0 Å². The van der Waals surface area contributed by atoms with Gasteiger partial charge in [0.05, 0.1) is 7.11 Å². The van der Waals surface area contributed by atoms with Crippen LogP contribution in [0.3, 0.4) is 0 Å². The molecule has 0 radical (unpaired) electrons. The Kier molecular flexibility index (Phi) is 5.56. The number of rotatable bonds is 6. The van der Waals surface area contributed by atoms with E-state index in [-0.39, 0.29) is 11.8 Å². The lowest BCUT2D eigenvalue weighted by atomic mass is 10.2. The molecule has 0 aliphatic carbocycles. The maximum Gasteiger partial charge on any atom is 0.319 e. The summed E-state index contributed by atoms with van der Waals surface area (Å²) in [7, 11) is 1.57. The summed E-state index contributed by atoms with van der Waals surface area (Å²) in [5, 5.41) is 5.61. The fourth-order valence-electron chi connectivity index (χ4n) is 3.15. The number of anilines is 1. The number of urea groups is 1. The van der Waals surface area contributed by atoms with Crippen LogP contribution in [0.2, 0.25) is 0 Å². The molecule has 0 aliphatic heterocycles. The largest absolute Gasteiger partial charge is 0.497 e. The van der Waals surface area contributed by atoms with Gasteiger partial charge in [0, 0.05) is 36.6 Å². The highest BCUT2D eigenvalue weighted by Gasteiger charge is 2.14. The standard InChI is InChI=1S/C22H20FN5O2/c1-30-18-5-2-4-17(14-18)26-22(29)25-12-13-28-20(15-7-9-16(23)10-8-15)27-19-6-3-11-24-21(19)28/h2-11,14H,12-13H2,1H3,(H2,25,26,29). The van der Waals surface area contributed by atoms with Crippen LogP contribution in [0.1, 0.15) is 0 Å². The summed E-state index contributed by atoms with van der Waals surface area (Å²) in [6.45, 7) is 0.803. The van der Waals surface area contributed by atoms with Gasteiger partial charge in [-0.25, -0.2) is 19.2 Å². The molecule has 2 aromatic carbocycles. The monoisotopic (exact) mass is 405 g/mol. The fraction of sp³-hybridized carbons (Fsp3) is 0.136. The number of carbonyl (C=O) groups is 1. The number of carbonyl (C=O) groups excluding carboxylic acids is 1. The molecule has 0 aliphatic rings. The first-order valence-corrected chi connectivity index (χ1v) is 9.40. The van der Waals surface area contributed by atoms with Crippen molar-refractivity contribution in [1.82, 2.24) is 19.9 Å². The quantitative estimate of drug-likeness (QED) is 0.507. The Balaban J connectivity index is 1.48. The third-order valence-electron chi connectivity index (χ3n) is 4.55. The first-order chi connectivity index (χ1) is 14.6. The first-order valence-electron chi connectivity index (χ1n) is 9.40. The number of pyridine rings is 1. The molecule has 0 spiro atoms. The van der Waals surface area contributed by atoms with Crippen molar-refractivity contribution in [3.63, 3.8) is 0 Å². The number of aromatic nitrogens is 3. The summed E-state index contributed by atoms with van der Waals surface area (Å²) in [5.41, 5.74) is 2.84. The van der Waals surface area contributed by atoms with E-state index in [4.69, 9.17) is 4.74 Å². The highest BCUT2D eigenvalue weighted by molar-refractivity contribution is 5.89. The second-order valence-corrected chi connectivity index (χ2v) is 6.55. The lowest BCUT2D eigenvalue weighted by Gasteiger charge is -2.11. The van der Waals surface area contributed by atoms with Crippen LogP contribution in [0.4, 0.5) is 14.9 Å². The van der Waals surface area contributed by atoms with Gasteiger partial charge in [-0.2, -0.15) is 0 Å². The van der Waals surface area contributed by atoms with Crippen molar-refractivity contribution in [2.24, 2.45) is 0 Å². The third kappa shape index (κ3) is 4.22. The van der Waals surface area contributed by atoms with Crippen molar-refractivity contribution in [3.8, 4) is 17.1 Å². The number of fused-ring (bicyclic) bond motifs is 1.